The molecular formula is C16H17F2N3O3S. The van der Waals surface area contributed by atoms with Crippen LogP contribution in [0.5, 0.6) is 0 Å². The molecule has 25 heavy (non-hydrogen) atoms. The van der Waals surface area contributed by atoms with Gasteiger partial charge in [-0.15, -0.1) is 0 Å². The largest absolute Gasteiger partial charge is 0.338 e. The fraction of sp³-hybridized carbons (Fsp3) is 0.375. The fourth-order valence-corrected chi connectivity index (χ4v) is 4.73. The summed E-state index contributed by atoms with van der Waals surface area (Å²) in [5.74, 6) is -1.87. The lowest BCUT2D eigenvalue weighted by molar-refractivity contribution is 0.0747. The summed E-state index contributed by atoms with van der Waals surface area (Å²) in [6, 6.07) is 2.71. The first-order valence-electron chi connectivity index (χ1n) is 7.67. The first-order valence-corrected chi connectivity index (χ1v) is 9.49. The molecule has 0 spiro atoms. The molecular weight excluding hydrogens is 352 g/mol. The van der Waals surface area contributed by atoms with E-state index in [0.717, 1.165) is 12.1 Å². The highest BCUT2D eigenvalue weighted by atomic mass is 32.2. The third-order valence-electron chi connectivity index (χ3n) is 4.45. The molecule has 1 unspecified atom stereocenters. The standard InChI is InChI=1S/C16H17F2N3O3S/c1-10-13(16(22)20(2)12-5-6-25(23,24)9-12)8-19-21(10)15-4-3-11(17)7-14(15)18/h3-4,7-8,12H,5-6,9H2,1-2H3. The van der Waals surface area contributed by atoms with Crippen LogP contribution in [-0.4, -0.2) is 53.6 Å². The van der Waals surface area contributed by atoms with Gasteiger partial charge in [0.1, 0.15) is 11.5 Å². The van der Waals surface area contributed by atoms with Gasteiger partial charge in [-0.25, -0.2) is 21.9 Å². The van der Waals surface area contributed by atoms with Gasteiger partial charge >= 0.3 is 0 Å². The van der Waals surface area contributed by atoms with E-state index in [-0.39, 0.29) is 34.7 Å². The van der Waals surface area contributed by atoms with Gasteiger partial charge in [0.15, 0.2) is 15.7 Å². The van der Waals surface area contributed by atoms with Crippen molar-refractivity contribution in [2.75, 3.05) is 18.6 Å². The van der Waals surface area contributed by atoms with E-state index in [9.17, 15) is 22.0 Å². The monoisotopic (exact) mass is 369 g/mol. The summed E-state index contributed by atoms with van der Waals surface area (Å²) in [5.41, 5.74) is 0.669. The van der Waals surface area contributed by atoms with Crippen LogP contribution < -0.4 is 0 Å². The van der Waals surface area contributed by atoms with Crippen LogP contribution in [0.25, 0.3) is 5.69 Å². The van der Waals surface area contributed by atoms with Gasteiger partial charge < -0.3 is 4.90 Å². The zero-order valence-corrected chi connectivity index (χ0v) is 14.6. The van der Waals surface area contributed by atoms with Gasteiger partial charge in [0.2, 0.25) is 0 Å². The van der Waals surface area contributed by atoms with E-state index in [1.165, 1.54) is 21.8 Å². The molecule has 1 fully saturated rings. The number of carbonyl (C=O) groups is 1. The molecule has 1 aliphatic heterocycles. The van der Waals surface area contributed by atoms with E-state index >= 15 is 0 Å². The molecule has 3 rings (SSSR count). The molecule has 0 bridgehead atoms. The van der Waals surface area contributed by atoms with Crippen molar-refractivity contribution in [3.05, 3.63) is 47.3 Å². The van der Waals surface area contributed by atoms with E-state index < -0.39 is 21.5 Å². The quantitative estimate of drug-likeness (QED) is 0.826. The van der Waals surface area contributed by atoms with E-state index in [4.69, 9.17) is 0 Å². The van der Waals surface area contributed by atoms with Crippen LogP contribution in [0.2, 0.25) is 0 Å². The van der Waals surface area contributed by atoms with E-state index in [0.29, 0.717) is 12.1 Å². The Morgan fingerprint density at radius 2 is 2.08 bits per heavy atom. The maximum absolute atomic E-state index is 14.0. The normalized spacial score (nSPS) is 19.1. The molecule has 0 saturated carbocycles. The number of halogens is 2. The highest BCUT2D eigenvalue weighted by Crippen LogP contribution is 2.22. The maximum atomic E-state index is 14.0. The van der Waals surface area contributed by atoms with Gasteiger partial charge in [-0.05, 0) is 25.5 Å². The molecule has 1 amide bonds. The predicted octanol–water partition coefficient (Wildman–Crippen LogP) is 1.72. The molecule has 0 aliphatic carbocycles. The number of amides is 1. The molecule has 1 aliphatic rings. The summed E-state index contributed by atoms with van der Waals surface area (Å²) in [4.78, 5) is 14.1. The van der Waals surface area contributed by atoms with Gasteiger partial charge in [-0.3, -0.25) is 4.79 Å². The topological polar surface area (TPSA) is 72.3 Å². The summed E-state index contributed by atoms with van der Waals surface area (Å²) < 4.78 is 51.4. The first kappa shape index (κ1) is 17.5. The third-order valence-corrected chi connectivity index (χ3v) is 6.20. The number of benzene rings is 1. The number of aromatic nitrogens is 2. The molecule has 6 nitrogen and oxygen atoms in total. The summed E-state index contributed by atoms with van der Waals surface area (Å²) in [7, 11) is -1.57. The SMILES string of the molecule is Cc1c(C(=O)N(C)C2CCS(=O)(=O)C2)cnn1-c1ccc(F)cc1F. The van der Waals surface area contributed by atoms with Crippen molar-refractivity contribution >= 4 is 15.7 Å². The lowest BCUT2D eigenvalue weighted by Crippen LogP contribution is -2.38. The van der Waals surface area contributed by atoms with Crippen LogP contribution in [0.1, 0.15) is 22.5 Å². The summed E-state index contributed by atoms with van der Waals surface area (Å²) in [6.07, 6.45) is 1.70. The minimum absolute atomic E-state index is 0.0315. The minimum Gasteiger partial charge on any atom is -0.338 e. The lowest BCUT2D eigenvalue weighted by Gasteiger charge is -2.23. The number of sulfone groups is 1. The fourth-order valence-electron chi connectivity index (χ4n) is 2.95. The van der Waals surface area contributed by atoms with Crippen molar-refractivity contribution in [1.82, 2.24) is 14.7 Å². The second-order valence-electron chi connectivity index (χ2n) is 6.12. The molecule has 134 valence electrons. The minimum atomic E-state index is -3.11. The molecule has 9 heteroatoms. The number of hydrogen-bond donors (Lipinski definition) is 0. The van der Waals surface area contributed by atoms with E-state index in [2.05, 4.69) is 5.10 Å². The predicted molar refractivity (Wildman–Crippen MR) is 87.4 cm³/mol. The van der Waals surface area contributed by atoms with Crippen molar-refractivity contribution < 1.29 is 22.0 Å². The average Bonchev–Trinajstić information content (AvgIpc) is 3.09. The van der Waals surface area contributed by atoms with Crippen molar-refractivity contribution in [1.29, 1.82) is 0 Å². The van der Waals surface area contributed by atoms with Crippen LogP contribution in [0.15, 0.2) is 24.4 Å². The Kier molecular flexibility index (Phi) is 4.36. The first-order chi connectivity index (χ1) is 11.7. The van der Waals surface area contributed by atoms with Crippen LogP contribution in [0.4, 0.5) is 8.78 Å². The number of hydrogen-bond acceptors (Lipinski definition) is 4. The molecule has 1 aromatic carbocycles. The smallest absolute Gasteiger partial charge is 0.257 e. The molecule has 1 atom stereocenters. The van der Waals surface area contributed by atoms with Crippen molar-refractivity contribution in [3.63, 3.8) is 0 Å². The molecule has 1 saturated heterocycles. The van der Waals surface area contributed by atoms with Gasteiger partial charge in [-0.2, -0.15) is 5.10 Å². The molecule has 0 N–H and O–H groups in total. The zero-order chi connectivity index (χ0) is 18.4. The Labute approximate surface area is 144 Å². The van der Waals surface area contributed by atoms with Crippen LogP contribution in [0, 0.1) is 18.6 Å². The Bertz CT molecular complexity index is 940. The lowest BCUT2D eigenvalue weighted by atomic mass is 10.1. The maximum Gasteiger partial charge on any atom is 0.257 e. The van der Waals surface area contributed by atoms with E-state index in [1.54, 1.807) is 14.0 Å². The van der Waals surface area contributed by atoms with Crippen molar-refractivity contribution in [2.24, 2.45) is 0 Å². The van der Waals surface area contributed by atoms with Gasteiger partial charge in [0, 0.05) is 19.2 Å². The number of nitrogens with zero attached hydrogens (tertiary/aromatic N) is 3. The Balaban J connectivity index is 1.89. The Hall–Kier alpha value is -2.29. The van der Waals surface area contributed by atoms with Gasteiger partial charge in [-0.1, -0.05) is 0 Å². The van der Waals surface area contributed by atoms with Crippen LogP contribution >= 0.6 is 0 Å². The highest BCUT2D eigenvalue weighted by molar-refractivity contribution is 7.91. The van der Waals surface area contributed by atoms with Crippen LogP contribution in [-0.2, 0) is 9.84 Å². The summed E-state index contributed by atoms with van der Waals surface area (Å²) in [5, 5.41) is 4.02. The second-order valence-corrected chi connectivity index (χ2v) is 8.35. The molecule has 2 heterocycles. The van der Waals surface area contributed by atoms with Crippen LogP contribution in [0.3, 0.4) is 0 Å². The van der Waals surface area contributed by atoms with Gasteiger partial charge in [0.25, 0.3) is 5.91 Å². The summed E-state index contributed by atoms with van der Waals surface area (Å²) in [6.45, 7) is 1.60. The number of carbonyl (C=O) groups excluding carboxylic acids is 1. The second kappa shape index (κ2) is 6.21. The zero-order valence-electron chi connectivity index (χ0n) is 13.7. The van der Waals surface area contributed by atoms with Crippen molar-refractivity contribution in [3.8, 4) is 5.69 Å². The molecule has 2 aromatic rings. The van der Waals surface area contributed by atoms with E-state index in [1.807, 2.05) is 0 Å². The molecule has 1 aromatic heterocycles. The van der Waals surface area contributed by atoms with Crippen molar-refractivity contribution in [2.45, 2.75) is 19.4 Å². The average molecular weight is 369 g/mol. The number of rotatable bonds is 3. The Morgan fingerprint density at radius 3 is 2.68 bits per heavy atom. The Morgan fingerprint density at radius 1 is 1.36 bits per heavy atom. The molecule has 0 radical (unpaired) electrons. The third kappa shape index (κ3) is 3.28. The van der Waals surface area contributed by atoms with Gasteiger partial charge in [0.05, 0.1) is 29.0 Å². The highest BCUT2D eigenvalue weighted by Gasteiger charge is 2.34. The summed E-state index contributed by atoms with van der Waals surface area (Å²) >= 11 is 0.